The summed E-state index contributed by atoms with van der Waals surface area (Å²) in [6, 6.07) is 12.2. The molecule has 0 bridgehead atoms. The molecule has 0 saturated carbocycles. The van der Waals surface area contributed by atoms with Gasteiger partial charge in [0.2, 0.25) is 0 Å². The molecule has 0 spiro atoms. The number of alkyl halides is 2. The standard InChI is InChI=1S/C15H14ClF2NO/c1-10-13(16)3-2-4-14(10)19-9-11-5-7-12(8-6-11)20-15(17)18/h2-8,15,19H,9H2,1H3. The van der Waals surface area contributed by atoms with E-state index in [2.05, 4.69) is 10.1 Å². The highest BCUT2D eigenvalue weighted by Crippen LogP contribution is 2.23. The molecular weight excluding hydrogens is 284 g/mol. The van der Waals surface area contributed by atoms with E-state index in [1.807, 2.05) is 25.1 Å². The number of hydrogen-bond donors (Lipinski definition) is 1. The molecule has 5 heteroatoms. The first-order chi connectivity index (χ1) is 9.56. The van der Waals surface area contributed by atoms with Crippen molar-refractivity contribution in [1.29, 1.82) is 0 Å². The Kier molecular flexibility index (Phi) is 4.79. The molecule has 0 amide bonds. The van der Waals surface area contributed by atoms with Gasteiger partial charge >= 0.3 is 6.61 Å². The Labute approximate surface area is 121 Å². The van der Waals surface area contributed by atoms with Crippen LogP contribution < -0.4 is 10.1 Å². The van der Waals surface area contributed by atoms with E-state index in [9.17, 15) is 8.78 Å². The molecule has 0 atom stereocenters. The van der Waals surface area contributed by atoms with E-state index < -0.39 is 6.61 Å². The van der Waals surface area contributed by atoms with Gasteiger partial charge in [-0.1, -0.05) is 29.8 Å². The summed E-state index contributed by atoms with van der Waals surface area (Å²) >= 11 is 6.04. The number of anilines is 1. The molecule has 0 aliphatic carbocycles. The third-order valence-corrected chi connectivity index (χ3v) is 3.31. The number of nitrogens with one attached hydrogen (secondary N) is 1. The van der Waals surface area contributed by atoms with Crippen LogP contribution in [0, 0.1) is 6.92 Å². The van der Waals surface area contributed by atoms with Crippen LogP contribution in [0.25, 0.3) is 0 Å². The SMILES string of the molecule is Cc1c(Cl)cccc1NCc1ccc(OC(F)F)cc1. The van der Waals surface area contributed by atoms with Crippen LogP contribution in [0.1, 0.15) is 11.1 Å². The van der Waals surface area contributed by atoms with Crippen molar-refractivity contribution in [3.05, 3.63) is 58.6 Å². The zero-order chi connectivity index (χ0) is 14.5. The molecule has 2 aromatic rings. The van der Waals surface area contributed by atoms with Crippen molar-refractivity contribution in [3.8, 4) is 5.75 Å². The molecule has 0 aliphatic rings. The molecule has 0 saturated heterocycles. The zero-order valence-electron chi connectivity index (χ0n) is 10.9. The van der Waals surface area contributed by atoms with Gasteiger partial charge in [0.1, 0.15) is 5.75 Å². The molecule has 1 N–H and O–H groups in total. The number of ether oxygens (including phenoxy) is 1. The van der Waals surface area contributed by atoms with Crippen LogP contribution in [0.2, 0.25) is 5.02 Å². The van der Waals surface area contributed by atoms with Gasteiger partial charge in [0.25, 0.3) is 0 Å². The van der Waals surface area contributed by atoms with Crippen LogP contribution in [-0.2, 0) is 6.54 Å². The fourth-order valence-corrected chi connectivity index (χ4v) is 1.96. The molecule has 0 radical (unpaired) electrons. The van der Waals surface area contributed by atoms with E-state index in [0.29, 0.717) is 11.6 Å². The molecule has 2 rings (SSSR count). The van der Waals surface area contributed by atoms with E-state index >= 15 is 0 Å². The second kappa shape index (κ2) is 6.57. The lowest BCUT2D eigenvalue weighted by Gasteiger charge is -2.11. The van der Waals surface area contributed by atoms with E-state index in [1.165, 1.54) is 12.1 Å². The summed E-state index contributed by atoms with van der Waals surface area (Å²) in [7, 11) is 0. The van der Waals surface area contributed by atoms with Gasteiger partial charge in [-0.25, -0.2) is 0 Å². The molecule has 0 fully saturated rings. The highest BCUT2D eigenvalue weighted by Gasteiger charge is 2.04. The summed E-state index contributed by atoms with van der Waals surface area (Å²) in [5.74, 6) is 0.155. The van der Waals surface area contributed by atoms with Gasteiger partial charge in [-0.3, -0.25) is 0 Å². The quantitative estimate of drug-likeness (QED) is 0.851. The largest absolute Gasteiger partial charge is 0.435 e. The fraction of sp³-hybridized carbons (Fsp3) is 0.200. The number of halogens is 3. The predicted molar refractivity (Wildman–Crippen MR) is 76.6 cm³/mol. The second-order valence-electron chi connectivity index (χ2n) is 4.29. The monoisotopic (exact) mass is 297 g/mol. The summed E-state index contributed by atoms with van der Waals surface area (Å²) in [4.78, 5) is 0. The Bertz CT molecular complexity index is 573. The summed E-state index contributed by atoms with van der Waals surface area (Å²) in [5, 5.41) is 3.96. The lowest BCUT2D eigenvalue weighted by molar-refractivity contribution is -0.0498. The number of benzene rings is 2. The van der Waals surface area contributed by atoms with Crippen molar-refractivity contribution < 1.29 is 13.5 Å². The van der Waals surface area contributed by atoms with E-state index in [4.69, 9.17) is 11.6 Å². The van der Waals surface area contributed by atoms with Crippen LogP contribution in [0.4, 0.5) is 14.5 Å². The van der Waals surface area contributed by atoms with Crippen LogP contribution in [0.3, 0.4) is 0 Å². The topological polar surface area (TPSA) is 21.3 Å². The minimum absolute atomic E-state index is 0.155. The van der Waals surface area contributed by atoms with E-state index in [1.54, 1.807) is 12.1 Å². The molecule has 0 heterocycles. The van der Waals surface area contributed by atoms with Crippen LogP contribution >= 0.6 is 11.6 Å². The van der Waals surface area contributed by atoms with E-state index in [-0.39, 0.29) is 5.75 Å². The Balaban J connectivity index is 1.99. The third kappa shape index (κ3) is 3.84. The third-order valence-electron chi connectivity index (χ3n) is 2.90. The van der Waals surface area contributed by atoms with Crippen LogP contribution in [0.15, 0.2) is 42.5 Å². The molecule has 0 unspecified atom stereocenters. The second-order valence-corrected chi connectivity index (χ2v) is 4.70. The van der Waals surface area contributed by atoms with Gasteiger partial charge < -0.3 is 10.1 Å². The summed E-state index contributed by atoms with van der Waals surface area (Å²) in [6.45, 7) is -0.284. The van der Waals surface area contributed by atoms with E-state index in [0.717, 1.165) is 16.8 Å². The van der Waals surface area contributed by atoms with Crippen molar-refractivity contribution >= 4 is 17.3 Å². The Hall–Kier alpha value is -1.81. The molecule has 2 aromatic carbocycles. The molecule has 0 aliphatic heterocycles. The average Bonchev–Trinajstić information content (AvgIpc) is 2.41. The van der Waals surface area contributed by atoms with Crippen LogP contribution in [0.5, 0.6) is 5.75 Å². The Morgan fingerprint density at radius 1 is 1.15 bits per heavy atom. The van der Waals surface area contributed by atoms with Gasteiger partial charge in [0, 0.05) is 17.3 Å². The number of rotatable bonds is 5. The lowest BCUT2D eigenvalue weighted by atomic mass is 10.1. The Morgan fingerprint density at radius 3 is 2.50 bits per heavy atom. The highest BCUT2D eigenvalue weighted by molar-refractivity contribution is 6.31. The maximum absolute atomic E-state index is 12.0. The van der Waals surface area contributed by atoms with Crippen molar-refractivity contribution in [1.82, 2.24) is 0 Å². The summed E-state index contributed by atoms with van der Waals surface area (Å²) in [6.07, 6.45) is 0. The van der Waals surface area contributed by atoms with Crippen molar-refractivity contribution in [3.63, 3.8) is 0 Å². The van der Waals surface area contributed by atoms with Gasteiger partial charge in [0.05, 0.1) is 0 Å². The predicted octanol–water partition coefficient (Wildman–Crippen LogP) is 4.86. The first kappa shape index (κ1) is 14.6. The maximum Gasteiger partial charge on any atom is 0.387 e. The molecule has 0 aromatic heterocycles. The fourth-order valence-electron chi connectivity index (χ4n) is 1.79. The zero-order valence-corrected chi connectivity index (χ0v) is 11.6. The van der Waals surface area contributed by atoms with Crippen molar-refractivity contribution in [2.45, 2.75) is 20.1 Å². The minimum Gasteiger partial charge on any atom is -0.435 e. The molecular formula is C15H14ClF2NO. The van der Waals surface area contributed by atoms with Crippen molar-refractivity contribution in [2.75, 3.05) is 5.32 Å². The van der Waals surface area contributed by atoms with Gasteiger partial charge in [0.15, 0.2) is 0 Å². The molecule has 2 nitrogen and oxygen atoms in total. The first-order valence-electron chi connectivity index (χ1n) is 6.09. The van der Waals surface area contributed by atoms with Gasteiger partial charge in [-0.05, 0) is 42.3 Å². The maximum atomic E-state index is 12.0. The Morgan fingerprint density at radius 2 is 1.85 bits per heavy atom. The first-order valence-corrected chi connectivity index (χ1v) is 6.47. The average molecular weight is 298 g/mol. The summed E-state index contributed by atoms with van der Waals surface area (Å²) < 4.78 is 28.3. The van der Waals surface area contributed by atoms with Crippen molar-refractivity contribution in [2.24, 2.45) is 0 Å². The summed E-state index contributed by atoms with van der Waals surface area (Å²) in [5.41, 5.74) is 2.89. The lowest BCUT2D eigenvalue weighted by Crippen LogP contribution is -2.03. The molecule has 106 valence electrons. The van der Waals surface area contributed by atoms with Gasteiger partial charge in [-0.15, -0.1) is 0 Å². The minimum atomic E-state index is -2.80. The smallest absolute Gasteiger partial charge is 0.387 e. The highest BCUT2D eigenvalue weighted by atomic mass is 35.5. The van der Waals surface area contributed by atoms with Gasteiger partial charge in [-0.2, -0.15) is 8.78 Å². The normalized spacial score (nSPS) is 10.7. The van der Waals surface area contributed by atoms with Crippen LogP contribution in [-0.4, -0.2) is 6.61 Å². The molecule has 20 heavy (non-hydrogen) atoms. The number of hydrogen-bond acceptors (Lipinski definition) is 2.